The van der Waals surface area contributed by atoms with Crippen LogP contribution in [0.1, 0.15) is 26.7 Å². The van der Waals surface area contributed by atoms with Crippen LogP contribution in [0, 0.1) is 0 Å². The van der Waals surface area contributed by atoms with Gasteiger partial charge in [0.2, 0.25) is 0 Å². The molecule has 0 radical (unpaired) electrons. The molecular weight excluding hydrogens is 232 g/mol. The van der Waals surface area contributed by atoms with Gasteiger partial charge in [0, 0.05) is 18.6 Å². The van der Waals surface area contributed by atoms with Crippen molar-refractivity contribution in [3.8, 4) is 0 Å². The second kappa shape index (κ2) is 5.28. The van der Waals surface area contributed by atoms with Crippen LogP contribution in [-0.4, -0.2) is 25.2 Å². The minimum absolute atomic E-state index is 0.222. The molecule has 1 fully saturated rings. The van der Waals surface area contributed by atoms with E-state index in [-0.39, 0.29) is 5.54 Å². The molecule has 0 atom stereocenters. The van der Waals surface area contributed by atoms with Crippen LogP contribution >= 0.6 is 11.6 Å². The number of hydrogen-bond donors (Lipinski definition) is 1. The highest BCUT2D eigenvalue weighted by atomic mass is 35.5. The van der Waals surface area contributed by atoms with Gasteiger partial charge in [-0.15, -0.1) is 0 Å². The summed E-state index contributed by atoms with van der Waals surface area (Å²) in [6.07, 6.45) is 2.30. The Labute approximate surface area is 109 Å². The van der Waals surface area contributed by atoms with Crippen LogP contribution in [0.5, 0.6) is 0 Å². The second-order valence-corrected chi connectivity index (χ2v) is 5.76. The van der Waals surface area contributed by atoms with Crippen molar-refractivity contribution in [1.82, 2.24) is 5.32 Å². The van der Waals surface area contributed by atoms with Gasteiger partial charge < -0.3 is 10.2 Å². The number of halogens is 1. The van der Waals surface area contributed by atoms with Crippen molar-refractivity contribution < 1.29 is 0 Å². The molecule has 0 aliphatic carbocycles. The molecule has 1 heterocycles. The fourth-order valence-corrected chi connectivity index (χ4v) is 2.52. The van der Waals surface area contributed by atoms with E-state index in [0.717, 1.165) is 37.5 Å². The highest BCUT2D eigenvalue weighted by molar-refractivity contribution is 6.33. The maximum absolute atomic E-state index is 6.27. The van der Waals surface area contributed by atoms with Crippen molar-refractivity contribution in [2.45, 2.75) is 32.2 Å². The maximum atomic E-state index is 6.27. The van der Waals surface area contributed by atoms with E-state index in [1.807, 2.05) is 12.1 Å². The van der Waals surface area contributed by atoms with Gasteiger partial charge in [-0.2, -0.15) is 0 Å². The van der Waals surface area contributed by atoms with Gasteiger partial charge in [-0.1, -0.05) is 23.7 Å². The van der Waals surface area contributed by atoms with E-state index in [1.54, 1.807) is 0 Å². The van der Waals surface area contributed by atoms with Crippen molar-refractivity contribution >= 4 is 17.3 Å². The molecule has 17 heavy (non-hydrogen) atoms. The molecule has 0 aromatic heterocycles. The predicted octanol–water partition coefficient (Wildman–Crippen LogP) is 3.31. The number of rotatable bonds is 1. The molecule has 94 valence electrons. The van der Waals surface area contributed by atoms with E-state index >= 15 is 0 Å². The average molecular weight is 253 g/mol. The Morgan fingerprint density at radius 3 is 2.76 bits per heavy atom. The summed E-state index contributed by atoms with van der Waals surface area (Å²) >= 11 is 6.27. The first-order valence-electron chi connectivity index (χ1n) is 6.33. The van der Waals surface area contributed by atoms with Crippen molar-refractivity contribution in [3.05, 3.63) is 29.3 Å². The van der Waals surface area contributed by atoms with E-state index in [1.165, 1.54) is 5.69 Å². The summed E-state index contributed by atoms with van der Waals surface area (Å²) < 4.78 is 0. The number of benzene rings is 1. The van der Waals surface area contributed by atoms with Crippen LogP contribution in [0.25, 0.3) is 0 Å². The molecule has 2 nitrogen and oxygen atoms in total. The number of para-hydroxylation sites is 1. The lowest BCUT2D eigenvalue weighted by atomic mass is 9.98. The number of anilines is 1. The lowest BCUT2D eigenvalue weighted by Gasteiger charge is -2.35. The first-order chi connectivity index (χ1) is 8.08. The Kier molecular flexibility index (Phi) is 3.95. The van der Waals surface area contributed by atoms with Gasteiger partial charge in [0.05, 0.1) is 10.7 Å². The zero-order valence-electron chi connectivity index (χ0n) is 10.7. The Morgan fingerprint density at radius 1 is 1.24 bits per heavy atom. The molecule has 3 heteroatoms. The Hall–Kier alpha value is -0.730. The SMILES string of the molecule is CC1(C)CCN(c2ccccc2Cl)CCCN1. The van der Waals surface area contributed by atoms with Gasteiger partial charge in [0.15, 0.2) is 0 Å². The molecule has 2 rings (SSSR count). The fourth-order valence-electron chi connectivity index (χ4n) is 2.26. The normalized spacial score (nSPS) is 20.8. The molecule has 0 unspecified atom stereocenters. The minimum atomic E-state index is 0.222. The van der Waals surface area contributed by atoms with Crippen LogP contribution in [0.3, 0.4) is 0 Å². The van der Waals surface area contributed by atoms with E-state index in [9.17, 15) is 0 Å². The second-order valence-electron chi connectivity index (χ2n) is 5.35. The number of nitrogens with zero attached hydrogens (tertiary/aromatic N) is 1. The molecule has 1 aliphatic heterocycles. The molecule has 1 aromatic carbocycles. The number of nitrogens with one attached hydrogen (secondary N) is 1. The third-order valence-electron chi connectivity index (χ3n) is 3.41. The van der Waals surface area contributed by atoms with E-state index in [4.69, 9.17) is 11.6 Å². The van der Waals surface area contributed by atoms with Gasteiger partial charge in [-0.25, -0.2) is 0 Å². The molecule has 0 saturated carbocycles. The fraction of sp³-hybridized carbons (Fsp3) is 0.571. The maximum Gasteiger partial charge on any atom is 0.0639 e. The van der Waals surface area contributed by atoms with Crippen LogP contribution < -0.4 is 10.2 Å². The van der Waals surface area contributed by atoms with E-state index in [0.29, 0.717) is 0 Å². The van der Waals surface area contributed by atoms with Gasteiger partial charge in [0.25, 0.3) is 0 Å². The Morgan fingerprint density at radius 2 is 2.00 bits per heavy atom. The van der Waals surface area contributed by atoms with Gasteiger partial charge in [-0.3, -0.25) is 0 Å². The molecule has 1 aromatic rings. The average Bonchev–Trinajstić information content (AvgIpc) is 2.27. The van der Waals surface area contributed by atoms with Crippen LogP contribution in [0.4, 0.5) is 5.69 Å². The molecule has 1 aliphatic rings. The molecule has 0 bridgehead atoms. The Bertz CT molecular complexity index is 376. The third kappa shape index (κ3) is 3.36. The summed E-state index contributed by atoms with van der Waals surface area (Å²) in [5, 5.41) is 4.45. The zero-order valence-corrected chi connectivity index (χ0v) is 11.4. The highest BCUT2D eigenvalue weighted by Crippen LogP contribution is 2.27. The highest BCUT2D eigenvalue weighted by Gasteiger charge is 2.21. The first-order valence-corrected chi connectivity index (χ1v) is 6.71. The van der Waals surface area contributed by atoms with Crippen LogP contribution in [0.2, 0.25) is 5.02 Å². The number of hydrogen-bond acceptors (Lipinski definition) is 2. The van der Waals surface area contributed by atoms with Gasteiger partial charge in [-0.05, 0) is 45.4 Å². The summed E-state index contributed by atoms with van der Waals surface area (Å²) in [5.41, 5.74) is 1.40. The summed E-state index contributed by atoms with van der Waals surface area (Å²) in [5.74, 6) is 0. The molecule has 0 amide bonds. The summed E-state index contributed by atoms with van der Waals surface area (Å²) in [6.45, 7) is 7.75. The lowest BCUT2D eigenvalue weighted by molar-refractivity contribution is 0.347. The van der Waals surface area contributed by atoms with Crippen molar-refractivity contribution in [1.29, 1.82) is 0 Å². The topological polar surface area (TPSA) is 15.3 Å². The minimum Gasteiger partial charge on any atom is -0.370 e. The predicted molar refractivity (Wildman–Crippen MR) is 75.0 cm³/mol. The molecular formula is C14H21ClN2. The standard InChI is InChI=1S/C14H21ClN2/c1-14(2)8-11-17(10-5-9-16-14)13-7-4-3-6-12(13)15/h3-4,6-7,16H,5,8-11H2,1-2H3. The monoisotopic (exact) mass is 252 g/mol. The lowest BCUT2D eigenvalue weighted by Crippen LogP contribution is -2.46. The summed E-state index contributed by atoms with van der Waals surface area (Å²) in [7, 11) is 0. The summed E-state index contributed by atoms with van der Waals surface area (Å²) in [4.78, 5) is 2.41. The van der Waals surface area contributed by atoms with Crippen molar-refractivity contribution in [2.75, 3.05) is 24.5 Å². The third-order valence-corrected chi connectivity index (χ3v) is 3.73. The summed E-state index contributed by atoms with van der Waals surface area (Å²) in [6, 6.07) is 8.13. The van der Waals surface area contributed by atoms with Gasteiger partial charge >= 0.3 is 0 Å². The van der Waals surface area contributed by atoms with Gasteiger partial charge in [0.1, 0.15) is 0 Å². The smallest absolute Gasteiger partial charge is 0.0639 e. The Balaban J connectivity index is 2.12. The molecule has 1 saturated heterocycles. The molecule has 0 spiro atoms. The largest absolute Gasteiger partial charge is 0.370 e. The van der Waals surface area contributed by atoms with Crippen LogP contribution in [0.15, 0.2) is 24.3 Å². The van der Waals surface area contributed by atoms with Crippen molar-refractivity contribution in [3.63, 3.8) is 0 Å². The first kappa shape index (κ1) is 12.7. The quantitative estimate of drug-likeness (QED) is 0.825. The zero-order chi connectivity index (χ0) is 12.3. The molecule has 1 N–H and O–H groups in total. The van der Waals surface area contributed by atoms with E-state index < -0.39 is 0 Å². The van der Waals surface area contributed by atoms with E-state index in [2.05, 4.69) is 36.2 Å². The van der Waals surface area contributed by atoms with Crippen LogP contribution in [-0.2, 0) is 0 Å². The van der Waals surface area contributed by atoms with Crippen molar-refractivity contribution in [2.24, 2.45) is 0 Å².